The van der Waals surface area contributed by atoms with Crippen molar-refractivity contribution < 1.29 is 18.3 Å². The Hall–Kier alpha value is -0.360. The van der Waals surface area contributed by atoms with E-state index in [1.165, 1.54) is 12.1 Å². The number of rotatable bonds is 1. The third-order valence-electron chi connectivity index (χ3n) is 1.48. The molecule has 0 aliphatic heterocycles. The fourth-order valence-electron chi connectivity index (χ4n) is 0.847. The molecular formula is C8H6BrF3OS. The van der Waals surface area contributed by atoms with Crippen LogP contribution in [0.5, 0.6) is 5.75 Å². The minimum absolute atomic E-state index is 0.0246. The number of aryl methyl sites for hydroxylation is 1. The van der Waals surface area contributed by atoms with Crippen molar-refractivity contribution in [2.45, 2.75) is 17.3 Å². The van der Waals surface area contributed by atoms with Gasteiger partial charge in [0, 0.05) is 9.37 Å². The third kappa shape index (κ3) is 3.09. The first-order valence-corrected chi connectivity index (χ1v) is 5.15. The molecule has 14 heavy (non-hydrogen) atoms. The van der Waals surface area contributed by atoms with Gasteiger partial charge in [-0.25, -0.2) is 0 Å². The third-order valence-corrected chi connectivity index (χ3v) is 3.18. The lowest BCUT2D eigenvalue weighted by Gasteiger charge is -2.09. The van der Waals surface area contributed by atoms with Gasteiger partial charge in [0.05, 0.1) is 0 Å². The quantitative estimate of drug-likeness (QED) is 0.785. The summed E-state index contributed by atoms with van der Waals surface area (Å²) in [5, 5.41) is 9.20. The summed E-state index contributed by atoms with van der Waals surface area (Å²) < 4.78 is 36.3. The second-order valence-electron chi connectivity index (χ2n) is 2.62. The number of phenolic OH excluding ortho intramolecular Hbond substituents is 1. The van der Waals surface area contributed by atoms with E-state index in [0.29, 0.717) is 5.56 Å². The molecule has 0 saturated heterocycles. The summed E-state index contributed by atoms with van der Waals surface area (Å²) >= 11 is 2.75. The predicted octanol–water partition coefficient (Wildman–Crippen LogP) is 4.08. The van der Waals surface area contributed by atoms with Crippen molar-refractivity contribution in [3.63, 3.8) is 0 Å². The Kier molecular flexibility index (Phi) is 3.36. The van der Waals surface area contributed by atoms with Gasteiger partial charge >= 0.3 is 5.51 Å². The lowest BCUT2D eigenvalue weighted by atomic mass is 10.2. The normalized spacial score (nSPS) is 11.8. The van der Waals surface area contributed by atoms with Crippen molar-refractivity contribution in [1.29, 1.82) is 0 Å². The molecule has 0 aromatic heterocycles. The number of phenols is 1. The van der Waals surface area contributed by atoms with Crippen LogP contribution in [0.3, 0.4) is 0 Å². The molecule has 6 heteroatoms. The van der Waals surface area contributed by atoms with Crippen LogP contribution in [0, 0.1) is 6.92 Å². The Morgan fingerprint density at radius 3 is 2.43 bits per heavy atom. The zero-order chi connectivity index (χ0) is 10.9. The van der Waals surface area contributed by atoms with Crippen molar-refractivity contribution in [2.75, 3.05) is 0 Å². The number of thioether (sulfide) groups is 1. The van der Waals surface area contributed by atoms with Gasteiger partial charge in [-0.05, 0) is 52.3 Å². The van der Waals surface area contributed by atoms with Gasteiger partial charge in [-0.15, -0.1) is 0 Å². The monoisotopic (exact) mass is 286 g/mol. The molecule has 0 unspecified atom stereocenters. The van der Waals surface area contributed by atoms with Crippen LogP contribution < -0.4 is 0 Å². The molecule has 0 spiro atoms. The summed E-state index contributed by atoms with van der Waals surface area (Å²) in [6.45, 7) is 1.54. The number of aromatic hydroxyl groups is 1. The maximum atomic E-state index is 12.0. The van der Waals surface area contributed by atoms with Crippen LogP contribution >= 0.6 is 27.7 Å². The SMILES string of the molecule is Cc1cc(SC(F)(F)F)c(Br)cc1O. The van der Waals surface area contributed by atoms with Gasteiger partial charge in [-0.3, -0.25) is 0 Å². The molecule has 1 N–H and O–H groups in total. The van der Waals surface area contributed by atoms with Crippen LogP contribution in [0.15, 0.2) is 21.5 Å². The summed E-state index contributed by atoms with van der Waals surface area (Å²) in [5.74, 6) is -0.0246. The molecule has 0 amide bonds. The summed E-state index contributed by atoms with van der Waals surface area (Å²) in [5.41, 5.74) is -3.90. The average molecular weight is 287 g/mol. The van der Waals surface area contributed by atoms with Crippen LogP contribution in [0.1, 0.15) is 5.56 Å². The Labute approximate surface area is 91.4 Å². The Balaban J connectivity index is 3.04. The molecule has 0 bridgehead atoms. The van der Waals surface area contributed by atoms with Gasteiger partial charge in [0.2, 0.25) is 0 Å². The van der Waals surface area contributed by atoms with Crippen LogP contribution in [0.25, 0.3) is 0 Å². The van der Waals surface area contributed by atoms with Gasteiger partial charge in [0.25, 0.3) is 0 Å². The molecule has 1 rings (SSSR count). The highest BCUT2D eigenvalue weighted by Gasteiger charge is 2.30. The van der Waals surface area contributed by atoms with Crippen LogP contribution in [-0.4, -0.2) is 10.6 Å². The first kappa shape index (κ1) is 11.7. The van der Waals surface area contributed by atoms with E-state index in [0.717, 1.165) is 0 Å². The summed E-state index contributed by atoms with van der Waals surface area (Å²) in [4.78, 5) is 0.0489. The summed E-state index contributed by atoms with van der Waals surface area (Å²) in [7, 11) is 0. The van der Waals surface area contributed by atoms with Crippen molar-refractivity contribution in [2.24, 2.45) is 0 Å². The Morgan fingerprint density at radius 2 is 1.93 bits per heavy atom. The van der Waals surface area contributed by atoms with Crippen molar-refractivity contribution >= 4 is 27.7 Å². The first-order chi connectivity index (χ1) is 6.29. The number of benzene rings is 1. The van der Waals surface area contributed by atoms with Crippen molar-refractivity contribution in [3.05, 3.63) is 22.2 Å². The molecule has 0 saturated carbocycles. The molecule has 0 atom stereocenters. The smallest absolute Gasteiger partial charge is 0.446 e. The molecule has 1 nitrogen and oxygen atoms in total. The minimum atomic E-state index is -4.31. The number of hydrogen-bond acceptors (Lipinski definition) is 2. The lowest BCUT2D eigenvalue weighted by Crippen LogP contribution is -1.99. The molecular weight excluding hydrogens is 281 g/mol. The maximum absolute atomic E-state index is 12.0. The first-order valence-electron chi connectivity index (χ1n) is 3.54. The van der Waals surface area contributed by atoms with Crippen molar-refractivity contribution in [3.8, 4) is 5.75 Å². The largest absolute Gasteiger partial charge is 0.508 e. The van der Waals surface area contributed by atoms with Crippen molar-refractivity contribution in [1.82, 2.24) is 0 Å². The molecule has 0 heterocycles. The van der Waals surface area contributed by atoms with E-state index in [1.54, 1.807) is 6.92 Å². The van der Waals surface area contributed by atoms with Gasteiger partial charge in [0.1, 0.15) is 5.75 Å². The number of hydrogen-bond donors (Lipinski definition) is 1. The van der Waals surface area contributed by atoms with Crippen LogP contribution in [0.2, 0.25) is 0 Å². The predicted molar refractivity (Wildman–Crippen MR) is 52.5 cm³/mol. The summed E-state index contributed by atoms with van der Waals surface area (Å²) in [6.07, 6.45) is 0. The van der Waals surface area contributed by atoms with E-state index < -0.39 is 5.51 Å². The topological polar surface area (TPSA) is 20.2 Å². The van der Waals surface area contributed by atoms with Crippen LogP contribution in [-0.2, 0) is 0 Å². The van der Waals surface area contributed by atoms with E-state index in [1.807, 2.05) is 0 Å². The zero-order valence-corrected chi connectivity index (χ0v) is 9.42. The van der Waals surface area contributed by atoms with E-state index in [9.17, 15) is 18.3 Å². The Morgan fingerprint density at radius 1 is 1.36 bits per heavy atom. The highest BCUT2D eigenvalue weighted by Crippen LogP contribution is 2.42. The van der Waals surface area contributed by atoms with Gasteiger partial charge < -0.3 is 5.11 Å². The van der Waals surface area contributed by atoms with E-state index in [2.05, 4.69) is 15.9 Å². The number of alkyl halides is 3. The second kappa shape index (κ2) is 4.02. The maximum Gasteiger partial charge on any atom is 0.446 e. The van der Waals surface area contributed by atoms with Gasteiger partial charge in [-0.2, -0.15) is 13.2 Å². The molecule has 1 aromatic rings. The second-order valence-corrected chi connectivity index (χ2v) is 4.58. The van der Waals surface area contributed by atoms with E-state index in [4.69, 9.17) is 0 Å². The fraction of sp³-hybridized carbons (Fsp3) is 0.250. The average Bonchev–Trinajstić information content (AvgIpc) is 1.97. The van der Waals surface area contributed by atoms with E-state index in [-0.39, 0.29) is 26.9 Å². The molecule has 1 aromatic carbocycles. The minimum Gasteiger partial charge on any atom is -0.508 e. The molecule has 0 radical (unpaired) electrons. The Bertz CT molecular complexity index is 351. The standard InChI is InChI=1S/C8H6BrF3OS/c1-4-2-7(14-8(10,11)12)5(9)3-6(4)13/h2-3,13H,1H3. The highest BCUT2D eigenvalue weighted by atomic mass is 79.9. The van der Waals surface area contributed by atoms with E-state index >= 15 is 0 Å². The molecule has 0 fully saturated rings. The molecule has 0 aliphatic carbocycles. The van der Waals surface area contributed by atoms with Crippen LogP contribution in [0.4, 0.5) is 13.2 Å². The van der Waals surface area contributed by atoms with Gasteiger partial charge in [-0.1, -0.05) is 0 Å². The lowest BCUT2D eigenvalue weighted by molar-refractivity contribution is -0.0328. The number of halogens is 4. The van der Waals surface area contributed by atoms with Gasteiger partial charge in [0.15, 0.2) is 0 Å². The molecule has 0 aliphatic rings. The fourth-order valence-corrected chi connectivity index (χ4v) is 2.06. The summed E-state index contributed by atoms with van der Waals surface area (Å²) in [6, 6.07) is 2.54. The highest BCUT2D eigenvalue weighted by molar-refractivity contribution is 9.10. The zero-order valence-electron chi connectivity index (χ0n) is 7.02. The molecule has 78 valence electrons.